The quantitative estimate of drug-likeness (QED) is 0.772. The highest BCUT2D eigenvalue weighted by Crippen LogP contribution is 2.16. The molecule has 154 valence electrons. The van der Waals surface area contributed by atoms with Gasteiger partial charge < -0.3 is 9.80 Å². The Bertz CT molecular complexity index is 692. The van der Waals surface area contributed by atoms with Crippen molar-refractivity contribution in [3.63, 3.8) is 0 Å². The first-order chi connectivity index (χ1) is 13.4. The fourth-order valence-corrected chi connectivity index (χ4v) is 3.75. The summed E-state index contributed by atoms with van der Waals surface area (Å²) in [6.45, 7) is 9.61. The largest absolute Gasteiger partial charge is 0.339 e. The molecule has 2 heterocycles. The molecule has 6 nitrogen and oxygen atoms in total. The fourth-order valence-electron chi connectivity index (χ4n) is 3.75. The summed E-state index contributed by atoms with van der Waals surface area (Å²) < 4.78 is 27.7. The molecule has 2 saturated heterocycles. The van der Waals surface area contributed by atoms with E-state index in [1.54, 1.807) is 0 Å². The van der Waals surface area contributed by atoms with E-state index in [-0.39, 0.29) is 5.91 Å². The van der Waals surface area contributed by atoms with Crippen molar-refractivity contribution in [3.05, 3.63) is 35.4 Å². The van der Waals surface area contributed by atoms with Gasteiger partial charge in [0.1, 0.15) is 17.2 Å². The molecule has 0 N–H and O–H groups in total. The van der Waals surface area contributed by atoms with Gasteiger partial charge in [0, 0.05) is 58.4 Å². The molecule has 0 saturated carbocycles. The van der Waals surface area contributed by atoms with Gasteiger partial charge >= 0.3 is 0 Å². The van der Waals surface area contributed by atoms with Gasteiger partial charge in [-0.3, -0.25) is 19.4 Å². The third-order valence-corrected chi connectivity index (χ3v) is 5.59. The minimum atomic E-state index is -0.844. The van der Waals surface area contributed by atoms with E-state index < -0.39 is 23.1 Å². The van der Waals surface area contributed by atoms with Crippen molar-refractivity contribution in [2.24, 2.45) is 0 Å². The van der Waals surface area contributed by atoms with Crippen molar-refractivity contribution in [3.8, 4) is 0 Å². The third kappa shape index (κ3) is 4.67. The second-order valence-electron chi connectivity index (χ2n) is 7.68. The lowest BCUT2D eigenvalue weighted by molar-refractivity contribution is -0.134. The van der Waals surface area contributed by atoms with Crippen molar-refractivity contribution in [2.75, 3.05) is 58.9 Å². The van der Waals surface area contributed by atoms with Gasteiger partial charge in [-0.25, -0.2) is 8.78 Å². The van der Waals surface area contributed by atoms with Crippen LogP contribution >= 0.6 is 0 Å². The van der Waals surface area contributed by atoms with Crippen molar-refractivity contribution in [2.45, 2.75) is 19.9 Å². The molecule has 3 rings (SSSR count). The molecular weight excluding hydrogens is 366 g/mol. The number of rotatable bonds is 4. The summed E-state index contributed by atoms with van der Waals surface area (Å²) >= 11 is 0. The Morgan fingerprint density at radius 3 is 1.96 bits per heavy atom. The van der Waals surface area contributed by atoms with Crippen LogP contribution in [0.5, 0.6) is 0 Å². The van der Waals surface area contributed by atoms with E-state index in [4.69, 9.17) is 0 Å². The molecule has 0 bridgehead atoms. The Kier molecular flexibility index (Phi) is 6.61. The van der Waals surface area contributed by atoms with Crippen LogP contribution in [-0.4, -0.2) is 96.4 Å². The highest BCUT2D eigenvalue weighted by atomic mass is 19.1. The van der Waals surface area contributed by atoms with Crippen molar-refractivity contribution in [1.82, 2.24) is 19.6 Å². The molecule has 2 amide bonds. The SMILES string of the molecule is CC(C)N1CCN(C(=O)CN2CCN(C(=O)c3c(F)cccc3F)CC2)CC1. The summed E-state index contributed by atoms with van der Waals surface area (Å²) in [5.41, 5.74) is -0.505. The van der Waals surface area contributed by atoms with E-state index in [1.807, 2.05) is 9.80 Å². The van der Waals surface area contributed by atoms with E-state index >= 15 is 0 Å². The number of piperazine rings is 2. The van der Waals surface area contributed by atoms with Crippen LogP contribution in [0.15, 0.2) is 18.2 Å². The summed E-state index contributed by atoms with van der Waals surface area (Å²) in [6.07, 6.45) is 0. The molecule has 8 heteroatoms. The average Bonchev–Trinajstić information content (AvgIpc) is 2.68. The summed E-state index contributed by atoms with van der Waals surface area (Å²) in [6, 6.07) is 3.91. The molecule has 0 unspecified atom stereocenters. The smallest absolute Gasteiger partial charge is 0.259 e. The number of hydrogen-bond acceptors (Lipinski definition) is 4. The molecule has 2 aliphatic heterocycles. The topological polar surface area (TPSA) is 47.1 Å². The maximum Gasteiger partial charge on any atom is 0.259 e. The van der Waals surface area contributed by atoms with Crippen molar-refractivity contribution < 1.29 is 18.4 Å². The lowest BCUT2D eigenvalue weighted by Gasteiger charge is -2.39. The number of benzene rings is 1. The third-order valence-electron chi connectivity index (χ3n) is 5.59. The van der Waals surface area contributed by atoms with Gasteiger partial charge in [-0.2, -0.15) is 0 Å². The highest BCUT2D eigenvalue weighted by Gasteiger charge is 2.29. The molecular formula is C20H28F2N4O2. The van der Waals surface area contributed by atoms with Crippen LogP contribution in [0.4, 0.5) is 8.78 Å². The Morgan fingerprint density at radius 1 is 0.893 bits per heavy atom. The van der Waals surface area contributed by atoms with E-state index in [0.717, 1.165) is 38.3 Å². The van der Waals surface area contributed by atoms with Gasteiger partial charge in [0.05, 0.1) is 6.54 Å². The minimum Gasteiger partial charge on any atom is -0.339 e. The molecule has 0 radical (unpaired) electrons. The van der Waals surface area contributed by atoms with Crippen LogP contribution in [0.25, 0.3) is 0 Å². The lowest BCUT2D eigenvalue weighted by atomic mass is 10.1. The number of amides is 2. The Balaban J connectivity index is 1.48. The number of carbonyl (C=O) groups excluding carboxylic acids is 2. The first-order valence-electron chi connectivity index (χ1n) is 9.84. The van der Waals surface area contributed by atoms with Crippen LogP contribution in [0.2, 0.25) is 0 Å². The summed E-state index contributed by atoms with van der Waals surface area (Å²) in [7, 11) is 0. The molecule has 0 aromatic heterocycles. The van der Waals surface area contributed by atoms with E-state index in [1.165, 1.54) is 11.0 Å². The summed E-state index contributed by atoms with van der Waals surface area (Å²) in [5.74, 6) is -2.22. The number of nitrogens with zero attached hydrogens (tertiary/aromatic N) is 4. The molecule has 0 atom stereocenters. The molecule has 2 fully saturated rings. The summed E-state index contributed by atoms with van der Waals surface area (Å²) in [4.78, 5) is 32.7. The highest BCUT2D eigenvalue weighted by molar-refractivity contribution is 5.94. The van der Waals surface area contributed by atoms with Crippen LogP contribution in [0.1, 0.15) is 24.2 Å². The monoisotopic (exact) mass is 394 g/mol. The van der Waals surface area contributed by atoms with Gasteiger partial charge in [0.25, 0.3) is 5.91 Å². The second-order valence-corrected chi connectivity index (χ2v) is 7.68. The standard InChI is InChI=1S/C20H28F2N4O2/c1-15(2)24-10-12-25(13-11-24)18(27)14-23-6-8-26(9-7-23)20(28)19-16(21)4-3-5-17(19)22/h3-5,15H,6-14H2,1-2H3. The van der Waals surface area contributed by atoms with Crippen molar-refractivity contribution >= 4 is 11.8 Å². The first kappa shape index (κ1) is 20.7. The van der Waals surface area contributed by atoms with Gasteiger partial charge in [0.15, 0.2) is 0 Å². The molecule has 1 aromatic rings. The molecule has 28 heavy (non-hydrogen) atoms. The maximum atomic E-state index is 13.8. The number of carbonyl (C=O) groups is 2. The zero-order valence-corrected chi connectivity index (χ0v) is 16.5. The maximum absolute atomic E-state index is 13.8. The zero-order valence-electron chi connectivity index (χ0n) is 16.5. The second kappa shape index (κ2) is 8.96. The van der Waals surface area contributed by atoms with Gasteiger partial charge in [-0.1, -0.05) is 6.07 Å². The predicted octanol–water partition coefficient (Wildman–Crippen LogP) is 1.28. The lowest BCUT2D eigenvalue weighted by Crippen LogP contribution is -2.55. The molecule has 0 spiro atoms. The van der Waals surface area contributed by atoms with Crippen molar-refractivity contribution in [1.29, 1.82) is 0 Å². The predicted molar refractivity (Wildman–Crippen MR) is 102 cm³/mol. The molecule has 0 aliphatic carbocycles. The molecule has 1 aromatic carbocycles. The summed E-state index contributed by atoms with van der Waals surface area (Å²) in [5, 5.41) is 0. The Labute approximate surface area is 164 Å². The number of hydrogen-bond donors (Lipinski definition) is 0. The van der Waals surface area contributed by atoms with Crippen LogP contribution in [0, 0.1) is 11.6 Å². The Morgan fingerprint density at radius 2 is 1.43 bits per heavy atom. The van der Waals surface area contributed by atoms with E-state index in [0.29, 0.717) is 38.8 Å². The first-order valence-corrected chi connectivity index (χ1v) is 9.84. The molecule has 2 aliphatic rings. The zero-order chi connectivity index (χ0) is 20.3. The Hall–Kier alpha value is -2.06. The number of halogens is 2. The minimum absolute atomic E-state index is 0.100. The normalized spacial score (nSPS) is 19.3. The van der Waals surface area contributed by atoms with Gasteiger partial charge in [-0.05, 0) is 26.0 Å². The average molecular weight is 394 g/mol. The van der Waals surface area contributed by atoms with Crippen LogP contribution in [0.3, 0.4) is 0 Å². The van der Waals surface area contributed by atoms with E-state index in [2.05, 4.69) is 18.7 Å². The van der Waals surface area contributed by atoms with Gasteiger partial charge in [0.2, 0.25) is 5.91 Å². The van der Waals surface area contributed by atoms with E-state index in [9.17, 15) is 18.4 Å². The van der Waals surface area contributed by atoms with Gasteiger partial charge in [-0.15, -0.1) is 0 Å². The van der Waals surface area contributed by atoms with Crippen LogP contribution < -0.4 is 0 Å². The fraction of sp³-hybridized carbons (Fsp3) is 0.600. The van der Waals surface area contributed by atoms with Crippen LogP contribution in [-0.2, 0) is 4.79 Å².